The third-order valence-corrected chi connectivity index (χ3v) is 6.98. The summed E-state index contributed by atoms with van der Waals surface area (Å²) < 4.78 is 53.4. The third kappa shape index (κ3) is 4.39. The molecule has 144 valence electrons. The van der Waals surface area contributed by atoms with Gasteiger partial charge in [-0.3, -0.25) is 4.79 Å². The summed E-state index contributed by atoms with van der Waals surface area (Å²) in [6, 6.07) is 2.59. The van der Waals surface area contributed by atoms with Gasteiger partial charge in [-0.2, -0.15) is 4.31 Å². The lowest BCUT2D eigenvalue weighted by Gasteiger charge is -2.31. The van der Waals surface area contributed by atoms with Gasteiger partial charge in [0.05, 0.1) is 26.2 Å². The van der Waals surface area contributed by atoms with Gasteiger partial charge in [0.2, 0.25) is 10.0 Å². The Morgan fingerprint density at radius 1 is 1.31 bits per heavy atom. The number of hydrogen-bond donors (Lipinski definition) is 2. The monoisotopic (exact) mass is 388 g/mol. The van der Waals surface area contributed by atoms with Crippen molar-refractivity contribution >= 4 is 15.9 Å². The van der Waals surface area contributed by atoms with Crippen LogP contribution in [-0.4, -0.2) is 57.4 Å². The zero-order chi connectivity index (χ0) is 18.9. The average molecular weight is 388 g/mol. The number of nitrogens with one attached hydrogen (secondary N) is 2. The molecule has 3 rings (SSSR count). The SMILES string of the molecule is C[C@H](NC(=O)C[NH+]1CCN(S(=O)(=O)c2cc(F)ccc2F)CC1)C1CC1. The van der Waals surface area contributed by atoms with Crippen LogP contribution < -0.4 is 10.2 Å². The number of carbonyl (C=O) groups excluding carboxylic acids is 1. The van der Waals surface area contributed by atoms with Crippen molar-refractivity contribution in [1.82, 2.24) is 9.62 Å². The first kappa shape index (κ1) is 19.2. The maximum absolute atomic E-state index is 13.8. The quantitative estimate of drug-likeness (QED) is 0.707. The Kier molecular flexibility index (Phi) is 5.59. The van der Waals surface area contributed by atoms with E-state index in [0.717, 1.165) is 34.2 Å². The Morgan fingerprint density at radius 3 is 2.58 bits per heavy atom. The standard InChI is InChI=1S/C17H23F2N3O3S/c1-12(13-2-3-13)20-17(23)11-21-6-8-22(9-7-21)26(24,25)16-10-14(18)4-5-15(16)19/h4-5,10,12-13H,2-3,6-9,11H2,1H3,(H,20,23)/p+1/t12-/m0/s1. The number of hydrogen-bond acceptors (Lipinski definition) is 3. The molecule has 1 amide bonds. The predicted molar refractivity (Wildman–Crippen MR) is 91.0 cm³/mol. The lowest BCUT2D eigenvalue weighted by atomic mass is 10.2. The number of carbonyl (C=O) groups is 1. The van der Waals surface area contributed by atoms with Crippen molar-refractivity contribution in [2.75, 3.05) is 32.7 Å². The molecule has 26 heavy (non-hydrogen) atoms. The number of benzene rings is 1. The molecule has 1 aliphatic carbocycles. The third-order valence-electron chi connectivity index (χ3n) is 5.07. The summed E-state index contributed by atoms with van der Waals surface area (Å²) in [6.45, 7) is 3.52. The molecule has 1 aromatic carbocycles. The van der Waals surface area contributed by atoms with Crippen LogP contribution in [-0.2, 0) is 14.8 Å². The van der Waals surface area contributed by atoms with Gasteiger partial charge in [-0.05, 0) is 43.9 Å². The lowest BCUT2D eigenvalue weighted by Crippen LogP contribution is -3.15. The number of halogens is 2. The van der Waals surface area contributed by atoms with E-state index < -0.39 is 26.6 Å². The number of nitrogens with zero attached hydrogens (tertiary/aromatic N) is 1. The summed E-state index contributed by atoms with van der Waals surface area (Å²) in [5.41, 5.74) is 0. The largest absolute Gasteiger partial charge is 0.348 e. The van der Waals surface area contributed by atoms with Gasteiger partial charge in [0.1, 0.15) is 16.5 Å². The van der Waals surface area contributed by atoms with Crippen molar-refractivity contribution in [2.45, 2.75) is 30.7 Å². The number of rotatable bonds is 6. The van der Waals surface area contributed by atoms with Crippen LogP contribution in [0.2, 0.25) is 0 Å². The van der Waals surface area contributed by atoms with E-state index in [4.69, 9.17) is 0 Å². The van der Waals surface area contributed by atoms with Crippen LogP contribution in [0.25, 0.3) is 0 Å². The van der Waals surface area contributed by atoms with Crippen LogP contribution in [0.15, 0.2) is 23.1 Å². The Hall–Kier alpha value is -1.58. The molecular formula is C17H24F2N3O3S+. The van der Waals surface area contributed by atoms with Crippen molar-refractivity contribution in [2.24, 2.45) is 5.92 Å². The molecule has 1 aliphatic heterocycles. The molecule has 1 atom stereocenters. The highest BCUT2D eigenvalue weighted by Crippen LogP contribution is 2.32. The summed E-state index contributed by atoms with van der Waals surface area (Å²) in [6.07, 6.45) is 2.31. The summed E-state index contributed by atoms with van der Waals surface area (Å²) in [4.78, 5) is 12.4. The second kappa shape index (κ2) is 7.58. The molecule has 1 aromatic rings. The molecule has 1 saturated carbocycles. The van der Waals surface area contributed by atoms with Crippen LogP contribution in [0, 0.1) is 17.6 Å². The van der Waals surface area contributed by atoms with E-state index in [-0.39, 0.29) is 25.0 Å². The molecular weight excluding hydrogens is 364 g/mol. The van der Waals surface area contributed by atoms with E-state index in [0.29, 0.717) is 31.6 Å². The molecule has 2 aliphatic rings. The number of quaternary nitrogens is 1. The van der Waals surface area contributed by atoms with Crippen molar-refractivity contribution < 1.29 is 26.9 Å². The molecule has 0 spiro atoms. The highest BCUT2D eigenvalue weighted by atomic mass is 32.2. The first-order valence-corrected chi connectivity index (χ1v) is 10.3. The Labute approximate surface area is 152 Å². The fourth-order valence-electron chi connectivity index (χ4n) is 3.28. The first-order valence-electron chi connectivity index (χ1n) is 8.85. The van der Waals surface area contributed by atoms with Crippen LogP contribution in [0.4, 0.5) is 8.78 Å². The normalized spacial score (nSPS) is 20.7. The minimum atomic E-state index is -4.08. The summed E-state index contributed by atoms with van der Waals surface area (Å²) >= 11 is 0. The van der Waals surface area contributed by atoms with Crippen LogP contribution in [0.5, 0.6) is 0 Å². The smallest absolute Gasteiger partial charge is 0.275 e. The van der Waals surface area contributed by atoms with Crippen molar-refractivity contribution in [3.05, 3.63) is 29.8 Å². The van der Waals surface area contributed by atoms with Crippen molar-refractivity contribution in [1.29, 1.82) is 0 Å². The Morgan fingerprint density at radius 2 is 1.96 bits per heavy atom. The van der Waals surface area contributed by atoms with Crippen molar-refractivity contribution in [3.63, 3.8) is 0 Å². The maximum atomic E-state index is 13.8. The van der Waals surface area contributed by atoms with Crippen LogP contribution >= 0.6 is 0 Å². The van der Waals surface area contributed by atoms with E-state index in [9.17, 15) is 22.0 Å². The predicted octanol–water partition coefficient (Wildman–Crippen LogP) is -0.231. The van der Waals surface area contributed by atoms with Gasteiger partial charge >= 0.3 is 0 Å². The molecule has 6 nitrogen and oxygen atoms in total. The van der Waals surface area contributed by atoms with E-state index in [1.54, 1.807) is 0 Å². The Bertz CT molecular complexity index is 775. The molecule has 0 unspecified atom stereocenters. The van der Waals surface area contributed by atoms with Gasteiger partial charge in [-0.1, -0.05) is 0 Å². The molecule has 2 fully saturated rings. The van der Waals surface area contributed by atoms with Gasteiger partial charge in [0, 0.05) is 6.04 Å². The zero-order valence-electron chi connectivity index (χ0n) is 14.7. The van der Waals surface area contributed by atoms with Gasteiger partial charge in [0.25, 0.3) is 5.91 Å². The second-order valence-electron chi connectivity index (χ2n) is 7.10. The summed E-state index contributed by atoms with van der Waals surface area (Å²) in [7, 11) is -4.08. The van der Waals surface area contributed by atoms with Crippen LogP contribution in [0.3, 0.4) is 0 Å². The van der Waals surface area contributed by atoms with Gasteiger partial charge in [-0.15, -0.1) is 0 Å². The second-order valence-corrected chi connectivity index (χ2v) is 9.01. The van der Waals surface area contributed by atoms with E-state index in [2.05, 4.69) is 5.32 Å². The number of amides is 1. The van der Waals surface area contributed by atoms with Gasteiger partial charge < -0.3 is 10.2 Å². The zero-order valence-corrected chi connectivity index (χ0v) is 15.5. The maximum Gasteiger partial charge on any atom is 0.275 e. The van der Waals surface area contributed by atoms with Crippen molar-refractivity contribution in [3.8, 4) is 0 Å². The lowest BCUT2D eigenvalue weighted by molar-refractivity contribution is -0.895. The molecule has 0 radical (unpaired) electrons. The highest BCUT2D eigenvalue weighted by molar-refractivity contribution is 7.89. The van der Waals surface area contributed by atoms with Crippen LogP contribution in [0.1, 0.15) is 19.8 Å². The fourth-order valence-corrected chi connectivity index (χ4v) is 4.80. The minimum absolute atomic E-state index is 0.0353. The van der Waals surface area contributed by atoms with E-state index >= 15 is 0 Å². The topological polar surface area (TPSA) is 70.9 Å². The minimum Gasteiger partial charge on any atom is -0.348 e. The average Bonchev–Trinajstić information content (AvgIpc) is 3.42. The molecule has 0 bridgehead atoms. The molecule has 1 saturated heterocycles. The van der Waals surface area contributed by atoms with Gasteiger partial charge in [0.15, 0.2) is 6.54 Å². The molecule has 2 N–H and O–H groups in total. The van der Waals surface area contributed by atoms with Gasteiger partial charge in [-0.25, -0.2) is 17.2 Å². The van der Waals surface area contributed by atoms with E-state index in [1.807, 2.05) is 6.92 Å². The highest BCUT2D eigenvalue weighted by Gasteiger charge is 2.34. The summed E-state index contributed by atoms with van der Waals surface area (Å²) in [5, 5.41) is 2.99. The molecule has 9 heteroatoms. The number of sulfonamides is 1. The molecule has 0 aromatic heterocycles. The van der Waals surface area contributed by atoms with E-state index in [1.165, 1.54) is 0 Å². The number of piperazine rings is 1. The fraction of sp³-hybridized carbons (Fsp3) is 0.588. The molecule has 1 heterocycles. The summed E-state index contributed by atoms with van der Waals surface area (Å²) in [5.74, 6) is -1.21. The first-order chi connectivity index (χ1) is 12.3. The Balaban J connectivity index is 1.55.